The highest BCUT2D eigenvalue weighted by Gasteiger charge is 2.10. The van der Waals surface area contributed by atoms with Crippen LogP contribution in [-0.2, 0) is 4.74 Å². The first-order valence-electron chi connectivity index (χ1n) is 5.43. The van der Waals surface area contributed by atoms with Gasteiger partial charge in [0.25, 0.3) is 0 Å². The molecule has 0 saturated heterocycles. The van der Waals surface area contributed by atoms with Crippen LogP contribution in [0.25, 0.3) is 11.3 Å². The quantitative estimate of drug-likeness (QED) is 0.878. The lowest BCUT2D eigenvalue weighted by Crippen LogP contribution is -2.06. The molecule has 2 rings (SSSR count). The van der Waals surface area contributed by atoms with E-state index in [1.807, 2.05) is 37.3 Å². The number of benzene rings is 1. The maximum absolute atomic E-state index is 5.78. The summed E-state index contributed by atoms with van der Waals surface area (Å²) in [5.41, 5.74) is 7.62. The maximum atomic E-state index is 5.78. The predicted octanol–water partition coefficient (Wildman–Crippen LogP) is 2.43. The van der Waals surface area contributed by atoms with Crippen LogP contribution in [0.1, 0.15) is 18.9 Å². The molecule has 0 fully saturated rings. The van der Waals surface area contributed by atoms with Gasteiger partial charge in [-0.25, -0.2) is 9.97 Å². The largest absolute Gasteiger partial charge is 0.384 e. The average molecular weight is 229 g/mol. The Bertz CT molecular complexity index is 499. The highest BCUT2D eigenvalue weighted by molar-refractivity contribution is 5.61. The minimum atomic E-state index is -0.166. The number of rotatable bonds is 3. The first kappa shape index (κ1) is 11.5. The number of aromatic nitrogens is 2. The summed E-state index contributed by atoms with van der Waals surface area (Å²) in [6.07, 6.45) is -0.166. The van der Waals surface area contributed by atoms with Crippen LogP contribution in [0, 0.1) is 0 Å². The number of ether oxygens (including phenoxy) is 1. The summed E-state index contributed by atoms with van der Waals surface area (Å²) in [4.78, 5) is 8.63. The Labute approximate surface area is 100 Å². The van der Waals surface area contributed by atoms with E-state index >= 15 is 0 Å². The molecule has 1 aromatic carbocycles. The van der Waals surface area contributed by atoms with Crippen molar-refractivity contribution in [3.8, 4) is 11.3 Å². The molecule has 0 saturated carbocycles. The van der Waals surface area contributed by atoms with E-state index in [2.05, 4.69) is 9.97 Å². The van der Waals surface area contributed by atoms with Crippen LogP contribution >= 0.6 is 0 Å². The SMILES string of the molecule is COC(C)c1nc(N)cc(-c2ccccc2)n1. The maximum Gasteiger partial charge on any atom is 0.159 e. The second kappa shape index (κ2) is 4.93. The molecule has 1 heterocycles. The predicted molar refractivity (Wildman–Crippen MR) is 67.3 cm³/mol. The second-order valence-corrected chi connectivity index (χ2v) is 3.78. The normalized spacial score (nSPS) is 12.4. The zero-order valence-corrected chi connectivity index (χ0v) is 9.92. The van der Waals surface area contributed by atoms with Crippen LogP contribution in [0.2, 0.25) is 0 Å². The van der Waals surface area contributed by atoms with Gasteiger partial charge in [0.2, 0.25) is 0 Å². The Morgan fingerprint density at radius 3 is 2.53 bits per heavy atom. The molecule has 0 spiro atoms. The first-order chi connectivity index (χ1) is 8.20. The molecule has 0 aliphatic rings. The van der Waals surface area contributed by atoms with E-state index in [4.69, 9.17) is 10.5 Å². The van der Waals surface area contributed by atoms with Crippen molar-refractivity contribution in [2.45, 2.75) is 13.0 Å². The zero-order chi connectivity index (χ0) is 12.3. The molecule has 1 unspecified atom stereocenters. The number of hydrogen-bond donors (Lipinski definition) is 1. The van der Waals surface area contributed by atoms with E-state index in [9.17, 15) is 0 Å². The lowest BCUT2D eigenvalue weighted by molar-refractivity contribution is 0.112. The van der Waals surface area contributed by atoms with E-state index in [1.165, 1.54) is 0 Å². The van der Waals surface area contributed by atoms with E-state index < -0.39 is 0 Å². The third-order valence-corrected chi connectivity index (χ3v) is 2.55. The van der Waals surface area contributed by atoms with Gasteiger partial charge in [0.05, 0.1) is 5.69 Å². The smallest absolute Gasteiger partial charge is 0.159 e. The molecule has 0 aliphatic heterocycles. The highest BCUT2D eigenvalue weighted by atomic mass is 16.5. The van der Waals surface area contributed by atoms with E-state index in [1.54, 1.807) is 13.2 Å². The lowest BCUT2D eigenvalue weighted by Gasteiger charge is -2.10. The second-order valence-electron chi connectivity index (χ2n) is 3.78. The van der Waals surface area contributed by atoms with Gasteiger partial charge in [-0.05, 0) is 6.92 Å². The Morgan fingerprint density at radius 1 is 1.18 bits per heavy atom. The summed E-state index contributed by atoms with van der Waals surface area (Å²) in [6, 6.07) is 11.6. The van der Waals surface area contributed by atoms with Crippen LogP contribution in [-0.4, -0.2) is 17.1 Å². The standard InChI is InChI=1S/C13H15N3O/c1-9(17-2)13-15-11(8-12(14)16-13)10-6-4-3-5-7-10/h3-9H,1-2H3,(H2,14,15,16). The number of anilines is 1. The van der Waals surface area contributed by atoms with Crippen LogP contribution in [0.3, 0.4) is 0 Å². The van der Waals surface area contributed by atoms with E-state index in [-0.39, 0.29) is 6.10 Å². The van der Waals surface area contributed by atoms with Crippen molar-refractivity contribution in [3.63, 3.8) is 0 Å². The number of nitrogens with two attached hydrogens (primary N) is 1. The molecular formula is C13H15N3O. The van der Waals surface area contributed by atoms with Crippen molar-refractivity contribution in [3.05, 3.63) is 42.2 Å². The number of hydrogen-bond acceptors (Lipinski definition) is 4. The lowest BCUT2D eigenvalue weighted by atomic mass is 10.1. The number of nitrogens with zero attached hydrogens (tertiary/aromatic N) is 2. The average Bonchev–Trinajstić information content (AvgIpc) is 2.38. The molecule has 2 N–H and O–H groups in total. The summed E-state index contributed by atoms with van der Waals surface area (Å²) in [6.45, 7) is 1.89. The molecule has 0 aliphatic carbocycles. The summed E-state index contributed by atoms with van der Waals surface area (Å²) < 4.78 is 5.20. The zero-order valence-electron chi connectivity index (χ0n) is 9.92. The van der Waals surface area contributed by atoms with Crippen LogP contribution < -0.4 is 5.73 Å². The fourth-order valence-corrected chi connectivity index (χ4v) is 1.53. The highest BCUT2D eigenvalue weighted by Crippen LogP contribution is 2.21. The van der Waals surface area contributed by atoms with Gasteiger partial charge in [-0.15, -0.1) is 0 Å². The van der Waals surface area contributed by atoms with Crippen molar-refractivity contribution in [1.82, 2.24) is 9.97 Å². The Balaban J connectivity index is 2.45. The Kier molecular flexibility index (Phi) is 3.35. The van der Waals surface area contributed by atoms with Crippen molar-refractivity contribution in [2.75, 3.05) is 12.8 Å². The van der Waals surface area contributed by atoms with E-state index in [0.29, 0.717) is 11.6 Å². The number of nitrogen functional groups attached to an aromatic ring is 1. The molecule has 4 nitrogen and oxygen atoms in total. The first-order valence-corrected chi connectivity index (χ1v) is 5.43. The fraction of sp³-hybridized carbons (Fsp3) is 0.231. The summed E-state index contributed by atoms with van der Waals surface area (Å²) >= 11 is 0. The Hall–Kier alpha value is -1.94. The van der Waals surface area contributed by atoms with Gasteiger partial charge < -0.3 is 10.5 Å². The minimum absolute atomic E-state index is 0.166. The van der Waals surface area contributed by atoms with E-state index in [0.717, 1.165) is 11.3 Å². The van der Waals surface area contributed by atoms with Crippen molar-refractivity contribution >= 4 is 5.82 Å². The summed E-state index contributed by atoms with van der Waals surface area (Å²) in [5.74, 6) is 1.06. The monoisotopic (exact) mass is 229 g/mol. The van der Waals surface area contributed by atoms with Gasteiger partial charge in [0, 0.05) is 18.7 Å². The number of methoxy groups -OCH3 is 1. The van der Waals surface area contributed by atoms with Gasteiger partial charge >= 0.3 is 0 Å². The van der Waals surface area contributed by atoms with Crippen LogP contribution in [0.5, 0.6) is 0 Å². The molecular weight excluding hydrogens is 214 g/mol. The summed E-state index contributed by atoms with van der Waals surface area (Å²) in [5, 5.41) is 0. The van der Waals surface area contributed by atoms with Crippen molar-refractivity contribution in [1.29, 1.82) is 0 Å². The topological polar surface area (TPSA) is 61.0 Å². The van der Waals surface area contributed by atoms with Crippen LogP contribution in [0.4, 0.5) is 5.82 Å². The third kappa shape index (κ3) is 2.60. The summed E-state index contributed by atoms with van der Waals surface area (Å²) in [7, 11) is 1.62. The molecule has 4 heteroatoms. The molecule has 0 radical (unpaired) electrons. The van der Waals surface area contributed by atoms with Gasteiger partial charge in [-0.1, -0.05) is 30.3 Å². The molecule has 2 aromatic rings. The minimum Gasteiger partial charge on any atom is -0.384 e. The molecule has 88 valence electrons. The van der Waals surface area contributed by atoms with Gasteiger partial charge in [-0.3, -0.25) is 0 Å². The van der Waals surface area contributed by atoms with Crippen LogP contribution in [0.15, 0.2) is 36.4 Å². The molecule has 0 amide bonds. The fourth-order valence-electron chi connectivity index (χ4n) is 1.53. The molecule has 1 atom stereocenters. The van der Waals surface area contributed by atoms with Crippen molar-refractivity contribution < 1.29 is 4.74 Å². The molecule has 17 heavy (non-hydrogen) atoms. The molecule has 0 bridgehead atoms. The van der Waals surface area contributed by atoms with Gasteiger partial charge in [-0.2, -0.15) is 0 Å². The van der Waals surface area contributed by atoms with Gasteiger partial charge in [0.1, 0.15) is 11.9 Å². The Morgan fingerprint density at radius 2 is 1.88 bits per heavy atom. The van der Waals surface area contributed by atoms with Crippen molar-refractivity contribution in [2.24, 2.45) is 0 Å². The van der Waals surface area contributed by atoms with Gasteiger partial charge in [0.15, 0.2) is 5.82 Å². The molecule has 1 aromatic heterocycles. The third-order valence-electron chi connectivity index (χ3n) is 2.55.